The number of aliphatic hydroxyl groups excluding tert-OH is 1. The molecule has 0 bridgehead atoms. The normalized spacial score (nSPS) is 26.1. The van der Waals surface area contributed by atoms with Crippen molar-refractivity contribution in [3.8, 4) is 17.6 Å². The molecule has 0 aliphatic carbocycles. The molecule has 0 unspecified atom stereocenters. The highest BCUT2D eigenvalue weighted by atomic mass is 35.5. The van der Waals surface area contributed by atoms with E-state index in [4.69, 9.17) is 42.1 Å². The fourth-order valence-electron chi connectivity index (χ4n) is 3.57. The number of H-pyrrole nitrogens is 1. The van der Waals surface area contributed by atoms with Crippen LogP contribution in [-0.2, 0) is 9.47 Å². The second-order valence-electron chi connectivity index (χ2n) is 7.07. The van der Waals surface area contributed by atoms with Crippen LogP contribution in [0.3, 0.4) is 0 Å². The van der Waals surface area contributed by atoms with Gasteiger partial charge in [0.05, 0.1) is 18.7 Å². The van der Waals surface area contributed by atoms with Crippen molar-refractivity contribution in [1.82, 2.24) is 15.0 Å². The Morgan fingerprint density at radius 2 is 1.93 bits per heavy atom. The van der Waals surface area contributed by atoms with Gasteiger partial charge in [-0.25, -0.2) is 0 Å². The van der Waals surface area contributed by atoms with Crippen molar-refractivity contribution in [1.29, 1.82) is 0 Å². The minimum Gasteiger partial charge on any atom is -0.456 e. The molecule has 3 aromatic rings. The van der Waals surface area contributed by atoms with Crippen LogP contribution in [0, 0.1) is 6.92 Å². The van der Waals surface area contributed by atoms with Crippen LogP contribution in [0.15, 0.2) is 24.3 Å². The number of halogens is 2. The zero-order valence-electron chi connectivity index (χ0n) is 15.3. The van der Waals surface area contributed by atoms with E-state index in [1.807, 2.05) is 19.1 Å². The first-order valence-corrected chi connectivity index (χ1v) is 9.81. The third kappa shape index (κ3) is 3.62. The standard InChI is InChI=1S/C19H17Cl2N3O5/c1-8-2-9(20)4-10(3-8)28-18-11(21)5-12-17(23-18)24-19(22-12)29-14-7-27-15-13(25)6-26-16(14)15/h2-5,13-16,25H,6-7H2,1H3,(H,22,23,24)/t13-,14-,15-,16-/m1/s1. The van der Waals surface area contributed by atoms with Crippen molar-refractivity contribution in [2.45, 2.75) is 31.3 Å². The van der Waals surface area contributed by atoms with Crippen molar-refractivity contribution in [3.63, 3.8) is 0 Å². The summed E-state index contributed by atoms with van der Waals surface area (Å²) in [4.78, 5) is 11.8. The van der Waals surface area contributed by atoms with E-state index < -0.39 is 6.10 Å². The van der Waals surface area contributed by atoms with Gasteiger partial charge in [0.15, 0.2) is 11.8 Å². The molecule has 8 nitrogen and oxygen atoms in total. The Bertz CT molecular complexity index is 1060. The summed E-state index contributed by atoms with van der Waals surface area (Å²) in [7, 11) is 0. The third-order valence-corrected chi connectivity index (χ3v) is 5.34. The van der Waals surface area contributed by atoms with Crippen molar-refractivity contribution in [2.75, 3.05) is 13.2 Å². The summed E-state index contributed by atoms with van der Waals surface area (Å²) in [6, 6.07) is 7.27. The highest BCUT2D eigenvalue weighted by molar-refractivity contribution is 6.32. The van der Waals surface area contributed by atoms with Gasteiger partial charge in [0, 0.05) is 5.02 Å². The van der Waals surface area contributed by atoms with Crippen LogP contribution in [0.4, 0.5) is 0 Å². The first-order valence-electron chi connectivity index (χ1n) is 9.05. The Labute approximate surface area is 175 Å². The Balaban J connectivity index is 1.38. The lowest BCUT2D eigenvalue weighted by atomic mass is 10.1. The summed E-state index contributed by atoms with van der Waals surface area (Å²) in [5, 5.41) is 10.7. The number of rotatable bonds is 4. The summed E-state index contributed by atoms with van der Waals surface area (Å²) in [5.74, 6) is 0.743. The number of fused-ring (bicyclic) bond motifs is 2. The molecule has 152 valence electrons. The van der Waals surface area contributed by atoms with Crippen LogP contribution in [0.5, 0.6) is 17.6 Å². The molecule has 4 atom stereocenters. The van der Waals surface area contributed by atoms with E-state index in [2.05, 4.69) is 15.0 Å². The fourth-order valence-corrected chi connectivity index (χ4v) is 4.04. The fraction of sp³-hybridized carbons (Fsp3) is 0.368. The van der Waals surface area contributed by atoms with E-state index in [0.29, 0.717) is 33.6 Å². The van der Waals surface area contributed by atoms with Gasteiger partial charge < -0.3 is 29.0 Å². The second-order valence-corrected chi connectivity index (χ2v) is 7.92. The SMILES string of the molecule is Cc1cc(Cl)cc(Oc2nc3nc(O[C@@H]4CO[C@H]5[C@@H]4OC[C@H]5O)[nH]c3cc2Cl)c1. The van der Waals surface area contributed by atoms with Gasteiger partial charge in [0.1, 0.15) is 29.1 Å². The van der Waals surface area contributed by atoms with E-state index in [0.717, 1.165) is 5.56 Å². The van der Waals surface area contributed by atoms with Crippen molar-refractivity contribution in [3.05, 3.63) is 39.9 Å². The van der Waals surface area contributed by atoms with Gasteiger partial charge in [-0.1, -0.05) is 23.2 Å². The summed E-state index contributed by atoms with van der Waals surface area (Å²) < 4.78 is 22.8. The maximum Gasteiger partial charge on any atom is 0.296 e. The molecule has 29 heavy (non-hydrogen) atoms. The monoisotopic (exact) mass is 437 g/mol. The number of imidazole rings is 1. The molecule has 0 amide bonds. The van der Waals surface area contributed by atoms with Crippen LogP contribution in [0.1, 0.15) is 5.56 Å². The lowest BCUT2D eigenvalue weighted by Gasteiger charge is -2.15. The number of aromatic amines is 1. The van der Waals surface area contributed by atoms with Gasteiger partial charge in [-0.2, -0.15) is 9.97 Å². The molecular formula is C19H17Cl2N3O5. The third-order valence-electron chi connectivity index (χ3n) is 4.85. The molecule has 2 N–H and O–H groups in total. The molecule has 2 aromatic heterocycles. The zero-order chi connectivity index (χ0) is 20.1. The van der Waals surface area contributed by atoms with Crippen LogP contribution < -0.4 is 9.47 Å². The summed E-state index contributed by atoms with van der Waals surface area (Å²) in [5.41, 5.74) is 1.94. The lowest BCUT2D eigenvalue weighted by molar-refractivity contribution is 0.00706. The predicted octanol–water partition coefficient (Wildman–Crippen LogP) is 3.27. The first-order chi connectivity index (χ1) is 14.0. The lowest BCUT2D eigenvalue weighted by Crippen LogP contribution is -2.34. The van der Waals surface area contributed by atoms with E-state index in [1.165, 1.54) is 0 Å². The molecule has 0 radical (unpaired) electrons. The van der Waals surface area contributed by atoms with Gasteiger partial charge in [-0.3, -0.25) is 0 Å². The van der Waals surface area contributed by atoms with Gasteiger partial charge in [0.25, 0.3) is 6.01 Å². The number of aryl methyl sites for hydroxylation is 1. The average molecular weight is 438 g/mol. The largest absolute Gasteiger partial charge is 0.456 e. The number of nitrogens with one attached hydrogen (secondary N) is 1. The summed E-state index contributed by atoms with van der Waals surface area (Å²) in [6.45, 7) is 2.45. The van der Waals surface area contributed by atoms with Crippen molar-refractivity contribution < 1.29 is 24.1 Å². The quantitative estimate of drug-likeness (QED) is 0.645. The maximum atomic E-state index is 9.84. The van der Waals surface area contributed by atoms with Gasteiger partial charge in [-0.05, 0) is 36.8 Å². The molecule has 2 saturated heterocycles. The van der Waals surface area contributed by atoms with Gasteiger partial charge >= 0.3 is 0 Å². The molecule has 2 aliphatic rings. The Morgan fingerprint density at radius 1 is 1.10 bits per heavy atom. The van der Waals surface area contributed by atoms with Crippen LogP contribution in [-0.4, -0.2) is 57.7 Å². The molecule has 0 spiro atoms. The number of nitrogens with zero attached hydrogens (tertiary/aromatic N) is 2. The van der Waals surface area contributed by atoms with E-state index in [-0.39, 0.29) is 36.8 Å². The van der Waals surface area contributed by atoms with E-state index >= 15 is 0 Å². The molecule has 0 saturated carbocycles. The highest BCUT2D eigenvalue weighted by Gasteiger charge is 2.48. The second kappa shape index (κ2) is 7.30. The van der Waals surface area contributed by atoms with Gasteiger partial charge in [-0.15, -0.1) is 0 Å². The van der Waals surface area contributed by atoms with Crippen molar-refractivity contribution >= 4 is 34.4 Å². The minimum absolute atomic E-state index is 0.213. The molecule has 5 rings (SSSR count). The molecule has 4 heterocycles. The molecule has 1 aromatic carbocycles. The van der Waals surface area contributed by atoms with Crippen LogP contribution >= 0.6 is 23.2 Å². The predicted molar refractivity (Wildman–Crippen MR) is 105 cm³/mol. The Kier molecular flexibility index (Phi) is 4.76. The average Bonchev–Trinajstić information content (AvgIpc) is 3.32. The number of aliphatic hydroxyl groups is 1. The molecular weight excluding hydrogens is 421 g/mol. The molecule has 2 aliphatic heterocycles. The number of aromatic nitrogens is 3. The van der Waals surface area contributed by atoms with E-state index in [1.54, 1.807) is 12.1 Å². The van der Waals surface area contributed by atoms with Crippen molar-refractivity contribution in [2.24, 2.45) is 0 Å². The van der Waals surface area contributed by atoms with E-state index in [9.17, 15) is 5.11 Å². The number of ether oxygens (including phenoxy) is 4. The smallest absolute Gasteiger partial charge is 0.296 e. The Hall–Kier alpha value is -2.10. The number of pyridine rings is 1. The zero-order valence-corrected chi connectivity index (χ0v) is 16.8. The number of hydrogen-bond acceptors (Lipinski definition) is 7. The topological polar surface area (TPSA) is 98.7 Å². The summed E-state index contributed by atoms with van der Waals surface area (Å²) in [6.07, 6.45) is -1.73. The van der Waals surface area contributed by atoms with Crippen LogP contribution in [0.2, 0.25) is 10.0 Å². The maximum absolute atomic E-state index is 9.84. The van der Waals surface area contributed by atoms with Crippen LogP contribution in [0.25, 0.3) is 11.2 Å². The molecule has 10 heteroatoms. The molecule has 2 fully saturated rings. The number of benzene rings is 1. The first kappa shape index (κ1) is 18.9. The summed E-state index contributed by atoms with van der Waals surface area (Å²) >= 11 is 12.4. The highest BCUT2D eigenvalue weighted by Crippen LogP contribution is 2.33. The minimum atomic E-state index is -0.639. The Morgan fingerprint density at radius 3 is 2.76 bits per heavy atom. The van der Waals surface area contributed by atoms with Gasteiger partial charge in [0.2, 0.25) is 5.88 Å². The number of hydrogen-bond donors (Lipinski definition) is 2.